The second-order valence-electron chi connectivity index (χ2n) is 3.48. The molecule has 0 saturated carbocycles. The second-order valence-corrected chi connectivity index (χ2v) is 3.86. The standard InChI is InChI=1S/C10H14ClN5/c1-5-3-6(2)8(11)7(4-5)15-10(14)16-9(12)13/h3-4H,1-2H3,(H6,12,13,14,15,16). The molecule has 0 aromatic heterocycles. The van der Waals surface area contributed by atoms with Gasteiger partial charge in [0.2, 0.25) is 0 Å². The van der Waals surface area contributed by atoms with Gasteiger partial charge < -0.3 is 11.1 Å². The van der Waals surface area contributed by atoms with Gasteiger partial charge in [0.25, 0.3) is 0 Å². The van der Waals surface area contributed by atoms with Crippen LogP contribution in [-0.2, 0) is 0 Å². The summed E-state index contributed by atoms with van der Waals surface area (Å²) in [7, 11) is 0. The van der Waals surface area contributed by atoms with Gasteiger partial charge in [0.15, 0.2) is 11.9 Å². The molecule has 0 saturated heterocycles. The molecule has 0 atom stereocenters. The van der Waals surface area contributed by atoms with E-state index < -0.39 is 0 Å². The molecule has 0 aliphatic carbocycles. The van der Waals surface area contributed by atoms with Crippen LogP contribution in [0.4, 0.5) is 5.69 Å². The summed E-state index contributed by atoms with van der Waals surface area (Å²) < 4.78 is 0. The Kier molecular flexibility index (Phi) is 3.73. The van der Waals surface area contributed by atoms with Crippen LogP contribution in [0.5, 0.6) is 0 Å². The lowest BCUT2D eigenvalue weighted by molar-refractivity contribution is 1.20. The molecular formula is C10H14ClN5. The summed E-state index contributed by atoms with van der Waals surface area (Å²) in [5, 5.41) is 20.1. The van der Waals surface area contributed by atoms with Crippen molar-refractivity contribution in [1.29, 1.82) is 10.8 Å². The maximum absolute atomic E-state index is 7.49. The van der Waals surface area contributed by atoms with Gasteiger partial charge in [-0.3, -0.25) is 16.1 Å². The normalized spacial score (nSPS) is 9.69. The number of halogens is 1. The van der Waals surface area contributed by atoms with Crippen molar-refractivity contribution >= 4 is 29.2 Å². The first-order chi connectivity index (χ1) is 7.40. The van der Waals surface area contributed by atoms with Crippen LogP contribution in [0.1, 0.15) is 11.1 Å². The third-order valence-electron chi connectivity index (χ3n) is 1.92. The van der Waals surface area contributed by atoms with E-state index >= 15 is 0 Å². The van der Waals surface area contributed by atoms with E-state index in [2.05, 4.69) is 10.6 Å². The van der Waals surface area contributed by atoms with Crippen LogP contribution < -0.4 is 16.4 Å². The molecule has 16 heavy (non-hydrogen) atoms. The molecule has 0 unspecified atom stereocenters. The summed E-state index contributed by atoms with van der Waals surface area (Å²) in [5.74, 6) is -0.377. The minimum Gasteiger partial charge on any atom is -0.370 e. The SMILES string of the molecule is Cc1cc(C)c(Cl)c(NC(=N)NC(=N)N)c1. The van der Waals surface area contributed by atoms with Crippen LogP contribution in [0, 0.1) is 24.7 Å². The van der Waals surface area contributed by atoms with E-state index in [1.807, 2.05) is 26.0 Å². The Morgan fingerprint density at radius 3 is 2.50 bits per heavy atom. The molecular weight excluding hydrogens is 226 g/mol. The number of nitrogens with one attached hydrogen (secondary N) is 4. The molecule has 86 valence electrons. The highest BCUT2D eigenvalue weighted by Gasteiger charge is 2.06. The van der Waals surface area contributed by atoms with Gasteiger partial charge in [0.05, 0.1) is 10.7 Å². The quantitative estimate of drug-likeness (QED) is 0.382. The van der Waals surface area contributed by atoms with Crippen LogP contribution in [0.15, 0.2) is 12.1 Å². The molecule has 1 rings (SSSR count). The van der Waals surface area contributed by atoms with Crippen molar-refractivity contribution in [3.63, 3.8) is 0 Å². The van der Waals surface area contributed by atoms with Gasteiger partial charge in [-0.1, -0.05) is 17.7 Å². The largest absolute Gasteiger partial charge is 0.370 e. The smallest absolute Gasteiger partial charge is 0.199 e. The molecule has 5 nitrogen and oxygen atoms in total. The molecule has 0 heterocycles. The summed E-state index contributed by atoms with van der Waals surface area (Å²) in [6.45, 7) is 3.83. The van der Waals surface area contributed by atoms with E-state index in [1.165, 1.54) is 0 Å². The fraction of sp³-hybridized carbons (Fsp3) is 0.200. The van der Waals surface area contributed by atoms with Crippen molar-refractivity contribution in [2.24, 2.45) is 5.73 Å². The molecule has 0 bridgehead atoms. The molecule has 0 radical (unpaired) electrons. The lowest BCUT2D eigenvalue weighted by atomic mass is 10.1. The monoisotopic (exact) mass is 239 g/mol. The molecule has 0 spiro atoms. The van der Waals surface area contributed by atoms with Crippen molar-refractivity contribution in [2.45, 2.75) is 13.8 Å². The van der Waals surface area contributed by atoms with E-state index in [9.17, 15) is 0 Å². The molecule has 6 heteroatoms. The van der Waals surface area contributed by atoms with E-state index in [1.54, 1.807) is 0 Å². The maximum atomic E-state index is 7.49. The lowest BCUT2D eigenvalue weighted by Crippen LogP contribution is -2.39. The third kappa shape index (κ3) is 3.13. The highest BCUT2D eigenvalue weighted by atomic mass is 35.5. The average Bonchev–Trinajstić information content (AvgIpc) is 2.11. The molecule has 0 aliphatic rings. The zero-order valence-corrected chi connectivity index (χ0v) is 9.87. The fourth-order valence-corrected chi connectivity index (χ4v) is 1.50. The number of guanidine groups is 2. The van der Waals surface area contributed by atoms with Gasteiger partial charge in [-0.15, -0.1) is 0 Å². The van der Waals surface area contributed by atoms with Crippen molar-refractivity contribution in [1.82, 2.24) is 5.32 Å². The zero-order valence-electron chi connectivity index (χ0n) is 9.11. The Labute approximate surface area is 99.0 Å². The number of aryl methyl sites for hydroxylation is 2. The number of nitrogens with two attached hydrogens (primary N) is 1. The van der Waals surface area contributed by atoms with Crippen molar-refractivity contribution in [2.75, 3.05) is 5.32 Å². The summed E-state index contributed by atoms with van der Waals surface area (Å²) in [5.41, 5.74) is 7.70. The van der Waals surface area contributed by atoms with E-state index in [4.69, 9.17) is 28.2 Å². The summed E-state index contributed by atoms with van der Waals surface area (Å²) >= 11 is 6.07. The van der Waals surface area contributed by atoms with Crippen LogP contribution in [0.2, 0.25) is 5.02 Å². The molecule has 0 fully saturated rings. The van der Waals surface area contributed by atoms with Gasteiger partial charge in [0, 0.05) is 0 Å². The number of hydrogen-bond acceptors (Lipinski definition) is 2. The van der Waals surface area contributed by atoms with Crippen molar-refractivity contribution < 1.29 is 0 Å². The summed E-state index contributed by atoms with van der Waals surface area (Å²) in [6, 6.07) is 3.78. The van der Waals surface area contributed by atoms with Gasteiger partial charge in [-0.25, -0.2) is 0 Å². The van der Waals surface area contributed by atoms with Gasteiger partial charge in [-0.05, 0) is 31.0 Å². The minimum atomic E-state index is -0.294. The van der Waals surface area contributed by atoms with Crippen LogP contribution in [-0.4, -0.2) is 11.9 Å². The van der Waals surface area contributed by atoms with E-state index in [0.717, 1.165) is 11.1 Å². The first-order valence-corrected chi connectivity index (χ1v) is 5.01. The zero-order chi connectivity index (χ0) is 12.3. The Bertz CT molecular complexity index is 441. The van der Waals surface area contributed by atoms with Gasteiger partial charge in [-0.2, -0.15) is 0 Å². The van der Waals surface area contributed by atoms with Crippen molar-refractivity contribution in [3.05, 3.63) is 28.3 Å². The predicted molar refractivity (Wildman–Crippen MR) is 67.3 cm³/mol. The van der Waals surface area contributed by atoms with E-state index in [-0.39, 0.29) is 11.9 Å². The maximum Gasteiger partial charge on any atom is 0.199 e. The first kappa shape index (κ1) is 12.3. The van der Waals surface area contributed by atoms with Crippen molar-refractivity contribution in [3.8, 4) is 0 Å². The molecule has 1 aromatic carbocycles. The molecule has 1 aromatic rings. The second kappa shape index (κ2) is 4.85. The Morgan fingerprint density at radius 1 is 1.31 bits per heavy atom. The van der Waals surface area contributed by atoms with E-state index in [0.29, 0.717) is 10.7 Å². The number of anilines is 1. The Hall–Kier alpha value is -1.75. The lowest BCUT2D eigenvalue weighted by Gasteiger charge is -2.12. The number of rotatable bonds is 1. The summed E-state index contributed by atoms with van der Waals surface area (Å²) in [6.07, 6.45) is 0. The Balaban J connectivity index is 2.89. The highest BCUT2D eigenvalue weighted by Crippen LogP contribution is 2.26. The third-order valence-corrected chi connectivity index (χ3v) is 2.42. The summed E-state index contributed by atoms with van der Waals surface area (Å²) in [4.78, 5) is 0. The fourth-order valence-electron chi connectivity index (χ4n) is 1.34. The van der Waals surface area contributed by atoms with Crippen LogP contribution in [0.25, 0.3) is 0 Å². The van der Waals surface area contributed by atoms with Crippen LogP contribution in [0.3, 0.4) is 0 Å². The number of benzene rings is 1. The number of hydrogen-bond donors (Lipinski definition) is 5. The topological polar surface area (TPSA) is 97.8 Å². The highest BCUT2D eigenvalue weighted by molar-refractivity contribution is 6.34. The molecule has 0 aliphatic heterocycles. The molecule has 0 amide bonds. The minimum absolute atomic E-state index is 0.0839. The first-order valence-electron chi connectivity index (χ1n) is 4.63. The molecule has 6 N–H and O–H groups in total. The van der Waals surface area contributed by atoms with Crippen LogP contribution >= 0.6 is 11.6 Å². The Morgan fingerprint density at radius 2 is 1.94 bits per heavy atom. The predicted octanol–water partition coefficient (Wildman–Crippen LogP) is 1.79. The van der Waals surface area contributed by atoms with Gasteiger partial charge >= 0.3 is 0 Å². The van der Waals surface area contributed by atoms with Gasteiger partial charge in [0.1, 0.15) is 0 Å². The average molecular weight is 240 g/mol.